The Morgan fingerprint density at radius 3 is 2.45 bits per heavy atom. The van der Waals surface area contributed by atoms with E-state index in [2.05, 4.69) is 10.6 Å². The van der Waals surface area contributed by atoms with E-state index >= 15 is 0 Å². The van der Waals surface area contributed by atoms with Crippen LogP contribution in [0.3, 0.4) is 0 Å². The minimum atomic E-state index is -0.315. The molecule has 0 aliphatic rings. The topological polar surface area (TPSA) is 89.2 Å². The van der Waals surface area contributed by atoms with Crippen molar-refractivity contribution in [3.63, 3.8) is 0 Å². The lowest BCUT2D eigenvalue weighted by Crippen LogP contribution is -2.46. The van der Waals surface area contributed by atoms with Crippen LogP contribution in [0.2, 0.25) is 0 Å². The SMILES string of the molecule is CC(C)n1cc(N)cc1C(=O)NCC(=O)NC(C)(C)C. The Morgan fingerprint density at radius 1 is 1.35 bits per heavy atom. The van der Waals surface area contributed by atoms with E-state index in [1.165, 1.54) is 0 Å². The highest BCUT2D eigenvalue weighted by Gasteiger charge is 2.17. The molecule has 1 heterocycles. The molecule has 0 spiro atoms. The third kappa shape index (κ3) is 4.60. The van der Waals surface area contributed by atoms with Gasteiger partial charge in [0.15, 0.2) is 0 Å². The summed E-state index contributed by atoms with van der Waals surface area (Å²) in [4.78, 5) is 23.7. The number of anilines is 1. The first-order valence-electron chi connectivity index (χ1n) is 6.66. The molecule has 0 aromatic carbocycles. The van der Waals surface area contributed by atoms with E-state index in [-0.39, 0.29) is 29.9 Å². The van der Waals surface area contributed by atoms with Crippen molar-refractivity contribution >= 4 is 17.5 Å². The highest BCUT2D eigenvalue weighted by Crippen LogP contribution is 2.16. The van der Waals surface area contributed by atoms with Gasteiger partial charge in [0.05, 0.1) is 12.2 Å². The maximum atomic E-state index is 12.1. The van der Waals surface area contributed by atoms with Gasteiger partial charge in [0.2, 0.25) is 5.91 Å². The third-order valence-corrected chi connectivity index (χ3v) is 2.58. The van der Waals surface area contributed by atoms with Crippen LogP contribution in [0.25, 0.3) is 0 Å². The van der Waals surface area contributed by atoms with Gasteiger partial charge in [0, 0.05) is 17.8 Å². The van der Waals surface area contributed by atoms with E-state index < -0.39 is 0 Å². The summed E-state index contributed by atoms with van der Waals surface area (Å²) in [5.74, 6) is -0.527. The number of aromatic nitrogens is 1. The zero-order valence-corrected chi connectivity index (χ0v) is 12.8. The molecule has 1 aromatic heterocycles. The molecule has 6 heteroatoms. The Hall–Kier alpha value is -1.98. The lowest BCUT2D eigenvalue weighted by atomic mass is 10.1. The minimum Gasteiger partial charge on any atom is -0.397 e. The Bertz CT molecular complexity index is 498. The number of carbonyl (C=O) groups is 2. The van der Waals surface area contributed by atoms with E-state index in [1.54, 1.807) is 16.8 Å². The molecule has 0 bridgehead atoms. The first-order chi connectivity index (χ1) is 9.10. The first-order valence-corrected chi connectivity index (χ1v) is 6.66. The molecule has 112 valence electrons. The van der Waals surface area contributed by atoms with Crippen LogP contribution in [-0.2, 0) is 4.79 Å². The van der Waals surface area contributed by atoms with Crippen LogP contribution in [0.1, 0.15) is 51.1 Å². The summed E-state index contributed by atoms with van der Waals surface area (Å²) in [6, 6.07) is 1.73. The molecule has 4 N–H and O–H groups in total. The number of nitrogens with zero attached hydrogens (tertiary/aromatic N) is 1. The van der Waals surface area contributed by atoms with E-state index in [1.807, 2.05) is 34.6 Å². The number of rotatable bonds is 4. The predicted octanol–water partition coefficient (Wildman–Crippen LogP) is 1.30. The van der Waals surface area contributed by atoms with Gasteiger partial charge in [-0.05, 0) is 40.7 Å². The van der Waals surface area contributed by atoms with Gasteiger partial charge < -0.3 is 20.9 Å². The molecule has 0 aliphatic carbocycles. The van der Waals surface area contributed by atoms with E-state index in [4.69, 9.17) is 5.73 Å². The van der Waals surface area contributed by atoms with Gasteiger partial charge in [-0.25, -0.2) is 0 Å². The van der Waals surface area contributed by atoms with Gasteiger partial charge in [-0.2, -0.15) is 0 Å². The van der Waals surface area contributed by atoms with Crippen LogP contribution >= 0.6 is 0 Å². The van der Waals surface area contributed by atoms with Crippen LogP contribution in [0.5, 0.6) is 0 Å². The second-order valence-electron chi connectivity index (χ2n) is 6.14. The fourth-order valence-corrected chi connectivity index (χ4v) is 1.82. The van der Waals surface area contributed by atoms with Gasteiger partial charge in [0.25, 0.3) is 5.91 Å². The second kappa shape index (κ2) is 5.98. The Labute approximate surface area is 119 Å². The van der Waals surface area contributed by atoms with Gasteiger partial charge in [0.1, 0.15) is 5.69 Å². The number of nitrogen functional groups attached to an aromatic ring is 1. The van der Waals surface area contributed by atoms with Gasteiger partial charge in [-0.1, -0.05) is 0 Å². The average Bonchev–Trinajstić information content (AvgIpc) is 2.66. The van der Waals surface area contributed by atoms with Crippen molar-refractivity contribution in [1.29, 1.82) is 0 Å². The molecule has 0 unspecified atom stereocenters. The van der Waals surface area contributed by atoms with Crippen molar-refractivity contribution < 1.29 is 9.59 Å². The van der Waals surface area contributed by atoms with Gasteiger partial charge in [-0.15, -0.1) is 0 Å². The second-order valence-corrected chi connectivity index (χ2v) is 6.14. The maximum Gasteiger partial charge on any atom is 0.268 e. The third-order valence-electron chi connectivity index (χ3n) is 2.58. The smallest absolute Gasteiger partial charge is 0.268 e. The molecule has 0 saturated carbocycles. The highest BCUT2D eigenvalue weighted by atomic mass is 16.2. The standard InChI is InChI=1S/C14H24N4O2/c1-9(2)18-8-10(15)6-11(18)13(20)16-7-12(19)17-14(3,4)5/h6,8-9H,7,15H2,1-5H3,(H,16,20)(H,17,19). The number of carbonyl (C=O) groups excluding carboxylic acids is 2. The van der Waals surface area contributed by atoms with Crippen molar-refractivity contribution in [1.82, 2.24) is 15.2 Å². The summed E-state index contributed by atoms with van der Waals surface area (Å²) in [6.07, 6.45) is 1.72. The summed E-state index contributed by atoms with van der Waals surface area (Å²) in [5, 5.41) is 5.39. The number of amides is 2. The number of nitrogens with two attached hydrogens (primary N) is 1. The van der Waals surface area contributed by atoms with Crippen LogP contribution in [0.15, 0.2) is 12.3 Å². The van der Waals surface area contributed by atoms with Crippen molar-refractivity contribution in [2.75, 3.05) is 12.3 Å². The Balaban J connectivity index is 2.66. The lowest BCUT2D eigenvalue weighted by Gasteiger charge is -2.20. The molecule has 1 aromatic rings. The van der Waals surface area contributed by atoms with E-state index in [9.17, 15) is 9.59 Å². The van der Waals surface area contributed by atoms with Crippen LogP contribution in [-0.4, -0.2) is 28.5 Å². The summed E-state index contributed by atoms with van der Waals surface area (Å²) >= 11 is 0. The molecular weight excluding hydrogens is 256 g/mol. The monoisotopic (exact) mass is 280 g/mol. The molecule has 20 heavy (non-hydrogen) atoms. The van der Waals surface area contributed by atoms with Crippen LogP contribution in [0, 0.1) is 0 Å². The highest BCUT2D eigenvalue weighted by molar-refractivity contribution is 5.96. The lowest BCUT2D eigenvalue weighted by molar-refractivity contribution is -0.121. The van der Waals surface area contributed by atoms with E-state index in [0.29, 0.717) is 11.4 Å². The molecule has 0 fully saturated rings. The normalized spacial score (nSPS) is 11.5. The van der Waals surface area contributed by atoms with Crippen molar-refractivity contribution in [2.24, 2.45) is 0 Å². The van der Waals surface area contributed by atoms with Crippen LogP contribution < -0.4 is 16.4 Å². The first kappa shape index (κ1) is 16.1. The quantitative estimate of drug-likeness (QED) is 0.776. The zero-order valence-electron chi connectivity index (χ0n) is 12.8. The summed E-state index contributed by atoms with van der Waals surface area (Å²) in [6.45, 7) is 9.52. The number of nitrogens with one attached hydrogen (secondary N) is 2. The number of hydrogen-bond donors (Lipinski definition) is 3. The van der Waals surface area contributed by atoms with Gasteiger partial charge >= 0.3 is 0 Å². The predicted molar refractivity (Wildman–Crippen MR) is 79.5 cm³/mol. The zero-order chi connectivity index (χ0) is 15.5. The molecule has 6 nitrogen and oxygen atoms in total. The summed E-state index contributed by atoms with van der Waals surface area (Å²) in [7, 11) is 0. The maximum absolute atomic E-state index is 12.1. The Morgan fingerprint density at radius 2 is 1.95 bits per heavy atom. The van der Waals surface area contributed by atoms with Gasteiger partial charge in [-0.3, -0.25) is 9.59 Å². The average molecular weight is 280 g/mol. The molecule has 1 rings (SSSR count). The van der Waals surface area contributed by atoms with Crippen molar-refractivity contribution in [3.8, 4) is 0 Å². The van der Waals surface area contributed by atoms with E-state index in [0.717, 1.165) is 0 Å². The molecular formula is C14H24N4O2. The van der Waals surface area contributed by atoms with Crippen molar-refractivity contribution in [3.05, 3.63) is 18.0 Å². The number of hydrogen-bond acceptors (Lipinski definition) is 3. The molecule has 0 radical (unpaired) electrons. The Kier molecular flexibility index (Phi) is 4.81. The summed E-state index contributed by atoms with van der Waals surface area (Å²) < 4.78 is 1.78. The molecule has 0 saturated heterocycles. The largest absolute Gasteiger partial charge is 0.397 e. The van der Waals surface area contributed by atoms with Crippen LogP contribution in [0.4, 0.5) is 5.69 Å². The fourth-order valence-electron chi connectivity index (χ4n) is 1.82. The molecule has 0 atom stereocenters. The molecule has 2 amide bonds. The minimum absolute atomic E-state index is 0.0563. The fraction of sp³-hybridized carbons (Fsp3) is 0.571. The molecule has 0 aliphatic heterocycles. The summed E-state index contributed by atoms with van der Waals surface area (Å²) in [5.41, 5.74) is 6.39. The van der Waals surface area contributed by atoms with Crippen molar-refractivity contribution in [2.45, 2.75) is 46.2 Å².